The number of carbonyl (C=O) groups excluding carboxylic acids is 2. The number of hydrogen-bond acceptors (Lipinski definition) is 4. The van der Waals surface area contributed by atoms with Crippen LogP contribution in [0, 0.1) is 19.7 Å². The van der Waals surface area contributed by atoms with Crippen LogP contribution in [0.2, 0.25) is 5.15 Å². The molecule has 0 aliphatic carbocycles. The third-order valence-electron chi connectivity index (χ3n) is 8.14. The van der Waals surface area contributed by atoms with Crippen LogP contribution < -0.4 is 5.32 Å². The summed E-state index contributed by atoms with van der Waals surface area (Å²) >= 11 is 6.00. The van der Waals surface area contributed by atoms with Gasteiger partial charge in [0, 0.05) is 43.8 Å². The smallest absolute Gasteiger partial charge is 0.321 e. The van der Waals surface area contributed by atoms with Crippen molar-refractivity contribution in [2.75, 3.05) is 26.2 Å². The number of pyridine rings is 1. The zero-order valence-electron chi connectivity index (χ0n) is 23.9. The molecule has 2 fully saturated rings. The van der Waals surface area contributed by atoms with Crippen LogP contribution in [0.4, 0.5) is 9.18 Å². The van der Waals surface area contributed by atoms with Crippen LogP contribution in [-0.2, 0) is 0 Å². The van der Waals surface area contributed by atoms with Crippen LogP contribution in [0.3, 0.4) is 0 Å². The van der Waals surface area contributed by atoms with Crippen LogP contribution in [0.15, 0.2) is 30.3 Å². The van der Waals surface area contributed by atoms with Gasteiger partial charge in [0.15, 0.2) is 0 Å². The first-order valence-electron chi connectivity index (χ1n) is 13.9. The van der Waals surface area contributed by atoms with E-state index in [1.807, 2.05) is 43.6 Å². The highest BCUT2D eigenvalue weighted by atomic mass is 35.5. The lowest BCUT2D eigenvalue weighted by Crippen LogP contribution is -2.51. The lowest BCUT2D eigenvalue weighted by molar-refractivity contribution is 0.0872. The molecule has 3 amide bonds. The highest BCUT2D eigenvalue weighted by Gasteiger charge is 2.46. The number of urea groups is 1. The average molecular weight is 558 g/mol. The third-order valence-corrected chi connectivity index (χ3v) is 8.34. The SMILES string of the molecule is Cc1cc(Cl)nc(C)c1C(=O)NCCC(C)N1CCC(N2C(=O)N(C(C)(C)C)C[C@H]2c2cccc(F)c2)CC1. The fourth-order valence-corrected chi connectivity index (χ4v) is 6.25. The Morgan fingerprint density at radius 2 is 1.90 bits per heavy atom. The molecule has 0 saturated carbocycles. The third kappa shape index (κ3) is 6.55. The zero-order valence-corrected chi connectivity index (χ0v) is 24.7. The van der Waals surface area contributed by atoms with Crippen LogP contribution >= 0.6 is 11.6 Å². The molecule has 39 heavy (non-hydrogen) atoms. The number of amides is 3. The zero-order chi connectivity index (χ0) is 28.5. The average Bonchev–Trinajstić information content (AvgIpc) is 3.21. The fraction of sp³-hybridized carbons (Fsp3) is 0.567. The number of likely N-dealkylation sites (tertiary alicyclic amines) is 1. The van der Waals surface area contributed by atoms with Gasteiger partial charge in [-0.1, -0.05) is 23.7 Å². The highest BCUT2D eigenvalue weighted by molar-refractivity contribution is 6.29. The standard InChI is InChI=1S/C30H41ClFN5O2/c1-19-16-26(31)34-21(3)27(19)28(38)33-13-10-20(2)35-14-11-24(12-15-35)37-25(22-8-7-9-23(32)17-22)18-36(29(37)39)30(4,5)6/h7-9,16-17,20,24-25H,10-15,18H2,1-6H3,(H,33,38)/t20?,25-/m0/s1. The van der Waals surface area contributed by atoms with Crippen LogP contribution in [0.25, 0.3) is 0 Å². The number of aromatic nitrogens is 1. The van der Waals surface area contributed by atoms with Crippen molar-refractivity contribution < 1.29 is 14.0 Å². The van der Waals surface area contributed by atoms with Gasteiger partial charge in [0.25, 0.3) is 5.91 Å². The molecule has 2 atom stereocenters. The van der Waals surface area contributed by atoms with Crippen LogP contribution in [0.1, 0.15) is 80.2 Å². The molecule has 2 aliphatic rings. The predicted molar refractivity (Wildman–Crippen MR) is 153 cm³/mol. The molecule has 0 radical (unpaired) electrons. The van der Waals surface area contributed by atoms with Gasteiger partial charge < -0.3 is 20.0 Å². The normalized spacial score (nSPS) is 20.0. The van der Waals surface area contributed by atoms with E-state index >= 15 is 0 Å². The van der Waals surface area contributed by atoms with Crippen molar-refractivity contribution in [3.63, 3.8) is 0 Å². The van der Waals surface area contributed by atoms with Crippen molar-refractivity contribution in [3.8, 4) is 0 Å². The summed E-state index contributed by atoms with van der Waals surface area (Å²) < 4.78 is 14.1. The minimum atomic E-state index is -0.309. The molecule has 2 aromatic rings. The Bertz CT molecular complexity index is 1190. The molecule has 3 heterocycles. The summed E-state index contributed by atoms with van der Waals surface area (Å²) in [6.07, 6.45) is 2.55. The number of nitrogens with one attached hydrogen (secondary N) is 1. The largest absolute Gasteiger partial charge is 0.352 e. The van der Waals surface area contributed by atoms with Crippen molar-refractivity contribution in [2.45, 2.75) is 84.5 Å². The first-order valence-corrected chi connectivity index (χ1v) is 14.3. The van der Waals surface area contributed by atoms with E-state index < -0.39 is 0 Å². The minimum Gasteiger partial charge on any atom is -0.352 e. The highest BCUT2D eigenvalue weighted by Crippen LogP contribution is 2.38. The quantitative estimate of drug-likeness (QED) is 0.441. The number of halogens is 2. The second-order valence-corrected chi connectivity index (χ2v) is 12.3. The van der Waals surface area contributed by atoms with Gasteiger partial charge in [0.1, 0.15) is 11.0 Å². The van der Waals surface area contributed by atoms with Crippen molar-refractivity contribution in [1.29, 1.82) is 0 Å². The Kier molecular flexibility index (Phi) is 8.86. The summed E-state index contributed by atoms with van der Waals surface area (Å²) in [6, 6.07) is 8.63. The van der Waals surface area contributed by atoms with Gasteiger partial charge in [0.05, 0.1) is 17.3 Å². The van der Waals surface area contributed by atoms with Gasteiger partial charge in [-0.05, 0) is 90.1 Å². The number of piperidine rings is 1. The molecule has 4 rings (SSSR count). The van der Waals surface area contributed by atoms with E-state index in [9.17, 15) is 14.0 Å². The van der Waals surface area contributed by atoms with Crippen LogP contribution in [0.5, 0.6) is 0 Å². The minimum absolute atomic E-state index is 0.0354. The van der Waals surface area contributed by atoms with Gasteiger partial charge in [-0.25, -0.2) is 14.2 Å². The molecular weight excluding hydrogens is 517 g/mol. The molecule has 0 bridgehead atoms. The summed E-state index contributed by atoms with van der Waals surface area (Å²) in [7, 11) is 0. The summed E-state index contributed by atoms with van der Waals surface area (Å²) in [6.45, 7) is 14.9. The molecule has 1 unspecified atom stereocenters. The first kappa shape index (κ1) is 29.3. The molecular formula is C30H41ClFN5O2. The van der Waals surface area contributed by atoms with Gasteiger partial charge in [-0.2, -0.15) is 0 Å². The molecule has 2 aliphatic heterocycles. The van der Waals surface area contributed by atoms with Gasteiger partial charge in [0.2, 0.25) is 0 Å². The molecule has 1 aromatic carbocycles. The molecule has 1 N–H and O–H groups in total. The second kappa shape index (κ2) is 11.8. The molecule has 212 valence electrons. The summed E-state index contributed by atoms with van der Waals surface area (Å²) in [5, 5.41) is 3.43. The van der Waals surface area contributed by atoms with Crippen molar-refractivity contribution in [2.24, 2.45) is 0 Å². The molecule has 7 nitrogen and oxygen atoms in total. The van der Waals surface area contributed by atoms with Gasteiger partial charge in [-0.15, -0.1) is 0 Å². The van der Waals surface area contributed by atoms with Crippen molar-refractivity contribution in [3.05, 3.63) is 63.7 Å². The monoisotopic (exact) mass is 557 g/mol. The Morgan fingerprint density at radius 3 is 2.51 bits per heavy atom. The molecule has 0 spiro atoms. The summed E-state index contributed by atoms with van der Waals surface area (Å²) in [4.78, 5) is 37.0. The predicted octanol–water partition coefficient (Wildman–Crippen LogP) is 5.74. The van der Waals surface area contributed by atoms with Gasteiger partial charge >= 0.3 is 6.03 Å². The number of carbonyl (C=O) groups is 2. The van der Waals surface area contributed by atoms with Crippen molar-refractivity contribution >= 4 is 23.5 Å². The Balaban J connectivity index is 1.35. The number of nitrogens with zero attached hydrogens (tertiary/aromatic N) is 4. The second-order valence-electron chi connectivity index (χ2n) is 11.9. The van der Waals surface area contributed by atoms with E-state index in [2.05, 4.69) is 22.1 Å². The lowest BCUT2D eigenvalue weighted by Gasteiger charge is -2.41. The number of rotatable bonds is 7. The number of hydrogen-bond donors (Lipinski definition) is 1. The van der Waals surface area contributed by atoms with Crippen molar-refractivity contribution in [1.82, 2.24) is 25.0 Å². The topological polar surface area (TPSA) is 68.8 Å². The summed E-state index contributed by atoms with van der Waals surface area (Å²) in [5.74, 6) is -0.401. The van der Waals surface area contributed by atoms with E-state index in [4.69, 9.17) is 11.6 Å². The van der Waals surface area contributed by atoms with Crippen LogP contribution in [-0.4, -0.2) is 75.4 Å². The van der Waals surface area contributed by atoms with E-state index in [1.54, 1.807) is 25.1 Å². The van der Waals surface area contributed by atoms with E-state index in [0.717, 1.165) is 43.5 Å². The molecule has 9 heteroatoms. The Hall–Kier alpha value is -2.71. The Morgan fingerprint density at radius 1 is 1.21 bits per heavy atom. The lowest BCUT2D eigenvalue weighted by atomic mass is 9.97. The van der Waals surface area contributed by atoms with E-state index in [-0.39, 0.29) is 41.4 Å². The van der Waals surface area contributed by atoms with Gasteiger partial charge in [-0.3, -0.25) is 4.79 Å². The van der Waals surface area contributed by atoms with E-state index in [0.29, 0.717) is 29.5 Å². The van der Waals surface area contributed by atoms with E-state index in [1.165, 1.54) is 6.07 Å². The maximum absolute atomic E-state index is 14.1. The maximum atomic E-state index is 14.1. The number of aryl methyl sites for hydroxylation is 2. The first-order chi connectivity index (χ1) is 18.4. The number of benzene rings is 1. The summed E-state index contributed by atoms with van der Waals surface area (Å²) in [5.41, 5.74) is 2.57. The molecule has 1 aromatic heterocycles. The molecule has 2 saturated heterocycles. The fourth-order valence-electron chi connectivity index (χ4n) is 5.96. The maximum Gasteiger partial charge on any atom is 0.321 e. The Labute approximate surface area is 236 Å².